The van der Waals surface area contributed by atoms with E-state index in [0.717, 1.165) is 30.4 Å². The summed E-state index contributed by atoms with van der Waals surface area (Å²) in [6.45, 7) is 1.52. The van der Waals surface area contributed by atoms with E-state index in [-0.39, 0.29) is 30.0 Å². The Kier molecular flexibility index (Phi) is 10.1. The van der Waals surface area contributed by atoms with Crippen molar-refractivity contribution in [1.82, 2.24) is 15.5 Å². The topological polar surface area (TPSA) is 62.0 Å². The second kappa shape index (κ2) is 11.8. The summed E-state index contributed by atoms with van der Waals surface area (Å²) in [6, 6.07) is 12.2. The fourth-order valence-corrected chi connectivity index (χ4v) is 2.55. The Labute approximate surface area is 173 Å². The van der Waals surface area contributed by atoms with Gasteiger partial charge in [-0.1, -0.05) is 12.1 Å². The van der Waals surface area contributed by atoms with E-state index in [4.69, 9.17) is 9.15 Å². The van der Waals surface area contributed by atoms with Crippen LogP contribution >= 0.6 is 24.0 Å². The number of halogens is 1. The minimum absolute atomic E-state index is 0. The molecule has 2 rings (SSSR count). The molecule has 0 amide bonds. The van der Waals surface area contributed by atoms with Crippen LogP contribution in [0, 0.1) is 0 Å². The largest absolute Gasteiger partial charge is 0.497 e. The standard InChI is InChI=1S/C19H28N4O2.HI/c1-20-19(21-12-11-15-7-9-16(24-4)10-8-15)22-14-17(23(2)3)18-6-5-13-25-18;/h5-10,13,17H,11-12,14H2,1-4H3,(H2,20,21,22);1H. The molecule has 0 radical (unpaired) electrons. The number of nitrogens with one attached hydrogen (secondary N) is 2. The van der Waals surface area contributed by atoms with E-state index < -0.39 is 0 Å². The van der Waals surface area contributed by atoms with Crippen LogP contribution < -0.4 is 15.4 Å². The van der Waals surface area contributed by atoms with Gasteiger partial charge in [-0.3, -0.25) is 9.89 Å². The van der Waals surface area contributed by atoms with E-state index in [1.807, 2.05) is 38.4 Å². The van der Waals surface area contributed by atoms with Gasteiger partial charge in [0.05, 0.1) is 19.4 Å². The average Bonchev–Trinajstić information content (AvgIpc) is 3.15. The van der Waals surface area contributed by atoms with Crippen molar-refractivity contribution in [3.63, 3.8) is 0 Å². The van der Waals surface area contributed by atoms with Crippen LogP contribution in [0.25, 0.3) is 0 Å². The lowest BCUT2D eigenvalue weighted by Crippen LogP contribution is -2.42. The number of hydrogen-bond acceptors (Lipinski definition) is 4. The molecular weight excluding hydrogens is 443 g/mol. The number of nitrogens with zero attached hydrogens (tertiary/aromatic N) is 2. The van der Waals surface area contributed by atoms with E-state index in [1.54, 1.807) is 20.4 Å². The zero-order valence-electron chi connectivity index (χ0n) is 15.9. The molecule has 1 aromatic heterocycles. The molecule has 26 heavy (non-hydrogen) atoms. The van der Waals surface area contributed by atoms with Gasteiger partial charge in [-0.05, 0) is 50.3 Å². The van der Waals surface area contributed by atoms with Gasteiger partial charge in [0, 0.05) is 20.1 Å². The molecule has 7 heteroatoms. The van der Waals surface area contributed by atoms with Crippen LogP contribution in [0.15, 0.2) is 52.1 Å². The van der Waals surface area contributed by atoms with Crippen molar-refractivity contribution in [2.24, 2.45) is 4.99 Å². The SMILES string of the molecule is CN=C(NCCc1ccc(OC)cc1)NCC(c1ccco1)N(C)C.I. The molecule has 2 aromatic rings. The number of guanidine groups is 1. The fraction of sp³-hybridized carbons (Fsp3) is 0.421. The van der Waals surface area contributed by atoms with Gasteiger partial charge >= 0.3 is 0 Å². The molecule has 0 saturated carbocycles. The third kappa shape index (κ3) is 6.87. The first kappa shape index (κ1) is 22.3. The molecule has 0 aliphatic carbocycles. The number of aliphatic imine (C=N–C) groups is 1. The highest BCUT2D eigenvalue weighted by molar-refractivity contribution is 14.0. The van der Waals surface area contributed by atoms with Crippen molar-refractivity contribution in [2.45, 2.75) is 12.5 Å². The Morgan fingerprint density at radius 1 is 1.19 bits per heavy atom. The lowest BCUT2D eigenvalue weighted by molar-refractivity contribution is 0.258. The van der Waals surface area contributed by atoms with Crippen LogP contribution in [-0.4, -0.2) is 52.2 Å². The van der Waals surface area contributed by atoms with Crippen molar-refractivity contribution >= 4 is 29.9 Å². The zero-order chi connectivity index (χ0) is 18.1. The zero-order valence-corrected chi connectivity index (χ0v) is 18.2. The molecule has 0 saturated heterocycles. The number of benzene rings is 1. The third-order valence-electron chi connectivity index (χ3n) is 4.05. The Bertz CT molecular complexity index is 642. The molecule has 0 aliphatic heterocycles. The van der Waals surface area contributed by atoms with Crippen molar-refractivity contribution in [3.05, 3.63) is 54.0 Å². The normalized spacial score (nSPS) is 12.4. The maximum Gasteiger partial charge on any atom is 0.191 e. The Hall–Kier alpha value is -1.74. The lowest BCUT2D eigenvalue weighted by Gasteiger charge is -2.23. The number of methoxy groups -OCH3 is 1. The van der Waals surface area contributed by atoms with Gasteiger partial charge in [0.1, 0.15) is 11.5 Å². The Morgan fingerprint density at radius 3 is 2.46 bits per heavy atom. The minimum atomic E-state index is 0. The summed E-state index contributed by atoms with van der Waals surface area (Å²) in [5.41, 5.74) is 1.26. The summed E-state index contributed by atoms with van der Waals surface area (Å²) in [7, 11) is 7.53. The number of furan rings is 1. The molecule has 1 heterocycles. The summed E-state index contributed by atoms with van der Waals surface area (Å²) in [5.74, 6) is 2.60. The monoisotopic (exact) mass is 472 g/mol. The fourth-order valence-electron chi connectivity index (χ4n) is 2.55. The Morgan fingerprint density at radius 2 is 1.92 bits per heavy atom. The number of ether oxygens (including phenoxy) is 1. The van der Waals surface area contributed by atoms with Crippen LogP contribution in [0.1, 0.15) is 17.4 Å². The molecule has 2 N–H and O–H groups in total. The Balaban J connectivity index is 0.00000338. The molecule has 1 atom stereocenters. The molecule has 1 aromatic carbocycles. The van der Waals surface area contributed by atoms with Crippen LogP contribution in [0.5, 0.6) is 5.75 Å². The van der Waals surface area contributed by atoms with Crippen LogP contribution in [0.4, 0.5) is 0 Å². The summed E-state index contributed by atoms with van der Waals surface area (Å²) >= 11 is 0. The molecule has 0 aliphatic rings. The van der Waals surface area contributed by atoms with Crippen LogP contribution in [-0.2, 0) is 6.42 Å². The number of rotatable bonds is 8. The quantitative estimate of drug-likeness (QED) is 0.352. The van der Waals surface area contributed by atoms with Crippen molar-refractivity contribution in [3.8, 4) is 5.75 Å². The molecule has 0 spiro atoms. The van der Waals surface area contributed by atoms with Crippen LogP contribution in [0.2, 0.25) is 0 Å². The summed E-state index contributed by atoms with van der Waals surface area (Å²) in [4.78, 5) is 6.41. The first-order valence-electron chi connectivity index (χ1n) is 8.41. The lowest BCUT2D eigenvalue weighted by atomic mass is 10.1. The summed E-state index contributed by atoms with van der Waals surface area (Å²) < 4.78 is 10.7. The van der Waals surface area contributed by atoms with Crippen molar-refractivity contribution in [2.75, 3.05) is 41.3 Å². The average molecular weight is 472 g/mol. The van der Waals surface area contributed by atoms with Crippen LogP contribution in [0.3, 0.4) is 0 Å². The summed E-state index contributed by atoms with van der Waals surface area (Å²) in [5, 5.41) is 6.71. The number of hydrogen-bond donors (Lipinski definition) is 2. The predicted octanol–water partition coefficient (Wildman–Crippen LogP) is 2.92. The van der Waals surface area contributed by atoms with Gasteiger partial charge in [0.15, 0.2) is 5.96 Å². The smallest absolute Gasteiger partial charge is 0.191 e. The highest BCUT2D eigenvalue weighted by atomic mass is 127. The van der Waals surface area contributed by atoms with Gasteiger partial charge in [-0.25, -0.2) is 0 Å². The van der Waals surface area contributed by atoms with Gasteiger partial charge in [-0.2, -0.15) is 0 Å². The van der Waals surface area contributed by atoms with E-state index in [1.165, 1.54) is 5.56 Å². The maximum atomic E-state index is 5.53. The maximum absolute atomic E-state index is 5.53. The van der Waals surface area contributed by atoms with Gasteiger partial charge < -0.3 is 19.8 Å². The predicted molar refractivity (Wildman–Crippen MR) is 117 cm³/mol. The van der Waals surface area contributed by atoms with Gasteiger partial charge in [0.2, 0.25) is 0 Å². The molecule has 144 valence electrons. The minimum Gasteiger partial charge on any atom is -0.497 e. The van der Waals surface area contributed by atoms with E-state index in [2.05, 4.69) is 32.7 Å². The van der Waals surface area contributed by atoms with Crippen molar-refractivity contribution < 1.29 is 9.15 Å². The molecule has 1 unspecified atom stereocenters. The third-order valence-corrected chi connectivity index (χ3v) is 4.05. The second-order valence-corrected chi connectivity index (χ2v) is 5.97. The van der Waals surface area contributed by atoms with E-state index in [0.29, 0.717) is 6.54 Å². The highest BCUT2D eigenvalue weighted by Crippen LogP contribution is 2.17. The molecule has 6 nitrogen and oxygen atoms in total. The molecule has 0 bridgehead atoms. The van der Waals surface area contributed by atoms with Crippen molar-refractivity contribution in [1.29, 1.82) is 0 Å². The van der Waals surface area contributed by atoms with Gasteiger partial charge in [-0.15, -0.1) is 24.0 Å². The second-order valence-electron chi connectivity index (χ2n) is 5.97. The first-order valence-corrected chi connectivity index (χ1v) is 8.41. The van der Waals surface area contributed by atoms with E-state index in [9.17, 15) is 0 Å². The molecular formula is C19H29IN4O2. The summed E-state index contributed by atoms with van der Waals surface area (Å²) in [6.07, 6.45) is 2.62. The first-order chi connectivity index (χ1) is 12.1. The van der Waals surface area contributed by atoms with Gasteiger partial charge in [0.25, 0.3) is 0 Å². The number of likely N-dealkylation sites (N-methyl/N-ethyl adjacent to an activating group) is 1. The van der Waals surface area contributed by atoms with E-state index >= 15 is 0 Å². The molecule has 0 fully saturated rings. The highest BCUT2D eigenvalue weighted by Gasteiger charge is 2.17.